The van der Waals surface area contributed by atoms with Gasteiger partial charge >= 0.3 is 5.97 Å². The number of hydrogen-bond acceptors (Lipinski definition) is 5. The summed E-state index contributed by atoms with van der Waals surface area (Å²) in [6.07, 6.45) is 2.89. The molecule has 0 aliphatic heterocycles. The normalized spacial score (nSPS) is 14.7. The van der Waals surface area contributed by atoms with Crippen LogP contribution in [0.2, 0.25) is 0 Å². The topological polar surface area (TPSA) is 166 Å². The van der Waals surface area contributed by atoms with Gasteiger partial charge in [0.15, 0.2) is 0 Å². The number of rotatable bonds is 13. The van der Waals surface area contributed by atoms with E-state index in [1.165, 1.54) is 0 Å². The van der Waals surface area contributed by atoms with Gasteiger partial charge in [0.2, 0.25) is 17.7 Å². The van der Waals surface area contributed by atoms with Gasteiger partial charge < -0.3 is 31.8 Å². The van der Waals surface area contributed by atoms with Gasteiger partial charge in [-0.3, -0.25) is 14.4 Å². The van der Waals surface area contributed by atoms with E-state index in [1.54, 1.807) is 6.20 Å². The maximum Gasteiger partial charge on any atom is 0.326 e. The van der Waals surface area contributed by atoms with E-state index in [2.05, 4.69) is 20.9 Å². The number of aromatic nitrogens is 1. The number of hydrogen-bond donors (Lipinski definition) is 6. The van der Waals surface area contributed by atoms with Crippen LogP contribution in [0.15, 0.2) is 30.5 Å². The third-order valence-electron chi connectivity index (χ3n) is 6.06. The van der Waals surface area contributed by atoms with Crippen molar-refractivity contribution in [1.29, 1.82) is 0 Å². The van der Waals surface area contributed by atoms with E-state index in [4.69, 9.17) is 5.73 Å². The highest BCUT2D eigenvalue weighted by Crippen LogP contribution is 2.19. The molecular weight excluding hydrogens is 450 g/mol. The second-order valence-corrected chi connectivity index (χ2v) is 9.34. The zero-order valence-electron chi connectivity index (χ0n) is 20.8. The highest BCUT2D eigenvalue weighted by atomic mass is 16.4. The average Bonchev–Trinajstić information content (AvgIpc) is 3.23. The Hall–Kier alpha value is -3.40. The van der Waals surface area contributed by atoms with Gasteiger partial charge in [-0.25, -0.2) is 4.79 Å². The summed E-state index contributed by atoms with van der Waals surface area (Å²) in [4.78, 5) is 52.5. The first kappa shape index (κ1) is 27.8. The lowest BCUT2D eigenvalue weighted by Gasteiger charge is -2.24. The fourth-order valence-corrected chi connectivity index (χ4v) is 3.74. The monoisotopic (exact) mass is 487 g/mol. The lowest BCUT2D eigenvalue weighted by molar-refractivity contribution is -0.141. The van der Waals surface area contributed by atoms with Crippen molar-refractivity contribution in [1.82, 2.24) is 20.9 Å². The minimum Gasteiger partial charge on any atom is -0.480 e. The molecule has 4 atom stereocenters. The number of H-pyrrole nitrogens is 1. The number of aromatic amines is 1. The lowest BCUT2D eigenvalue weighted by Crippen LogP contribution is -2.55. The van der Waals surface area contributed by atoms with Gasteiger partial charge in [0.25, 0.3) is 0 Å². The number of carboxylic acid groups (broad SMARTS) is 1. The molecule has 0 fully saturated rings. The van der Waals surface area contributed by atoms with Gasteiger partial charge in [-0.1, -0.05) is 52.3 Å². The van der Waals surface area contributed by atoms with Crippen LogP contribution in [-0.2, 0) is 25.6 Å². The van der Waals surface area contributed by atoms with E-state index in [0.717, 1.165) is 22.9 Å². The molecule has 1 heterocycles. The molecule has 1 aromatic carbocycles. The molecule has 0 radical (unpaired) electrons. The van der Waals surface area contributed by atoms with Crippen molar-refractivity contribution in [3.05, 3.63) is 36.0 Å². The van der Waals surface area contributed by atoms with Crippen LogP contribution in [0.3, 0.4) is 0 Å². The van der Waals surface area contributed by atoms with Crippen molar-refractivity contribution in [2.24, 2.45) is 17.6 Å². The Morgan fingerprint density at radius 1 is 1.03 bits per heavy atom. The fourth-order valence-electron chi connectivity index (χ4n) is 3.74. The zero-order chi connectivity index (χ0) is 26.1. The maximum absolute atomic E-state index is 12.7. The Balaban J connectivity index is 1.97. The standard InChI is InChI=1S/C25H37N5O5/c1-5-15(4)22(26)24(33)30-19(10-14(2)3)23(32)28-13-21(31)29-20(25(34)35)11-16-12-27-18-9-7-6-8-17(16)18/h6-9,12,14-15,19-20,22,27H,5,10-11,13,26H2,1-4H3,(H,28,32)(H,29,31)(H,30,33)(H,34,35). The van der Waals surface area contributed by atoms with Crippen molar-refractivity contribution in [3.8, 4) is 0 Å². The Kier molecular flexibility index (Phi) is 10.3. The van der Waals surface area contributed by atoms with Crippen LogP contribution < -0.4 is 21.7 Å². The minimum absolute atomic E-state index is 0.0476. The number of carboxylic acids is 1. The molecule has 10 heteroatoms. The van der Waals surface area contributed by atoms with Gasteiger partial charge in [-0.15, -0.1) is 0 Å². The molecule has 3 amide bonds. The van der Waals surface area contributed by atoms with Crippen LogP contribution in [0.1, 0.15) is 46.1 Å². The largest absolute Gasteiger partial charge is 0.480 e. The summed E-state index contributed by atoms with van der Waals surface area (Å²) in [5, 5.41) is 18.1. The second kappa shape index (κ2) is 12.9. The summed E-state index contributed by atoms with van der Waals surface area (Å²) in [6, 6.07) is 4.71. The molecule has 0 saturated carbocycles. The van der Waals surface area contributed by atoms with Gasteiger partial charge in [0.05, 0.1) is 12.6 Å². The number of benzene rings is 1. The summed E-state index contributed by atoms with van der Waals surface area (Å²) in [5.41, 5.74) is 7.61. The van der Waals surface area contributed by atoms with Crippen molar-refractivity contribution in [2.75, 3.05) is 6.54 Å². The predicted octanol–water partition coefficient (Wildman–Crippen LogP) is 1.30. The van der Waals surface area contributed by atoms with Crippen LogP contribution in [0.4, 0.5) is 0 Å². The van der Waals surface area contributed by atoms with Crippen molar-refractivity contribution in [2.45, 2.75) is 65.1 Å². The molecule has 2 aromatic rings. The van der Waals surface area contributed by atoms with Gasteiger partial charge in [-0.2, -0.15) is 0 Å². The van der Waals surface area contributed by atoms with Crippen LogP contribution in [-0.4, -0.2) is 58.5 Å². The molecule has 0 saturated heterocycles. The van der Waals surface area contributed by atoms with E-state index < -0.39 is 48.4 Å². The zero-order valence-corrected chi connectivity index (χ0v) is 20.8. The van der Waals surface area contributed by atoms with Crippen molar-refractivity contribution < 1.29 is 24.3 Å². The van der Waals surface area contributed by atoms with Crippen LogP contribution in [0, 0.1) is 11.8 Å². The van der Waals surface area contributed by atoms with E-state index in [9.17, 15) is 24.3 Å². The quantitative estimate of drug-likeness (QED) is 0.249. The molecule has 4 unspecified atom stereocenters. The molecule has 35 heavy (non-hydrogen) atoms. The molecule has 7 N–H and O–H groups in total. The Morgan fingerprint density at radius 2 is 1.71 bits per heavy atom. The molecule has 192 valence electrons. The number of para-hydroxylation sites is 1. The number of amides is 3. The molecule has 2 rings (SSSR count). The highest BCUT2D eigenvalue weighted by molar-refractivity contribution is 5.93. The lowest BCUT2D eigenvalue weighted by atomic mass is 9.97. The minimum atomic E-state index is -1.18. The fraction of sp³-hybridized carbons (Fsp3) is 0.520. The Labute approximate surface area is 205 Å². The van der Waals surface area contributed by atoms with Gasteiger partial charge in [0.1, 0.15) is 12.1 Å². The molecular formula is C25H37N5O5. The van der Waals surface area contributed by atoms with Crippen LogP contribution in [0.5, 0.6) is 0 Å². The maximum atomic E-state index is 12.7. The van der Waals surface area contributed by atoms with Gasteiger partial charge in [0, 0.05) is 23.5 Å². The van der Waals surface area contributed by atoms with Crippen molar-refractivity contribution >= 4 is 34.6 Å². The van der Waals surface area contributed by atoms with E-state index in [0.29, 0.717) is 6.42 Å². The first-order chi connectivity index (χ1) is 16.5. The number of nitrogens with two attached hydrogens (primary N) is 1. The predicted molar refractivity (Wildman–Crippen MR) is 133 cm³/mol. The van der Waals surface area contributed by atoms with E-state index in [-0.39, 0.29) is 18.3 Å². The molecule has 0 bridgehead atoms. The van der Waals surface area contributed by atoms with Gasteiger partial charge in [-0.05, 0) is 29.9 Å². The molecule has 10 nitrogen and oxygen atoms in total. The number of carbonyl (C=O) groups is 4. The smallest absolute Gasteiger partial charge is 0.326 e. The number of aliphatic carboxylic acids is 1. The van der Waals surface area contributed by atoms with Crippen LogP contribution in [0.25, 0.3) is 10.9 Å². The third kappa shape index (κ3) is 8.10. The van der Waals surface area contributed by atoms with E-state index >= 15 is 0 Å². The Morgan fingerprint density at radius 3 is 2.34 bits per heavy atom. The second-order valence-electron chi connectivity index (χ2n) is 9.34. The van der Waals surface area contributed by atoms with Crippen LogP contribution >= 0.6 is 0 Å². The number of fused-ring (bicyclic) bond motifs is 1. The third-order valence-corrected chi connectivity index (χ3v) is 6.06. The summed E-state index contributed by atoms with van der Waals surface area (Å²) >= 11 is 0. The highest BCUT2D eigenvalue weighted by Gasteiger charge is 2.27. The average molecular weight is 488 g/mol. The van der Waals surface area contributed by atoms with Crippen molar-refractivity contribution in [3.63, 3.8) is 0 Å². The number of nitrogens with one attached hydrogen (secondary N) is 4. The Bertz CT molecular complexity index is 1030. The summed E-state index contributed by atoms with van der Waals surface area (Å²) in [6.45, 7) is 7.20. The first-order valence-corrected chi connectivity index (χ1v) is 11.9. The SMILES string of the molecule is CCC(C)C(N)C(=O)NC(CC(C)C)C(=O)NCC(=O)NC(Cc1c[nH]c2ccccc12)C(=O)O. The van der Waals surface area contributed by atoms with E-state index in [1.807, 2.05) is 52.0 Å². The first-order valence-electron chi connectivity index (χ1n) is 11.9. The summed E-state index contributed by atoms with van der Waals surface area (Å²) in [7, 11) is 0. The summed E-state index contributed by atoms with van der Waals surface area (Å²) in [5.74, 6) is -2.72. The number of carbonyl (C=O) groups excluding carboxylic acids is 3. The summed E-state index contributed by atoms with van der Waals surface area (Å²) < 4.78 is 0. The molecule has 0 aliphatic rings. The molecule has 0 aliphatic carbocycles. The molecule has 0 spiro atoms. The molecule has 1 aromatic heterocycles.